The van der Waals surface area contributed by atoms with Crippen LogP contribution in [0.4, 0.5) is 11.4 Å². The second-order valence-corrected chi connectivity index (χ2v) is 4.01. The van der Waals surface area contributed by atoms with E-state index in [0.29, 0.717) is 11.3 Å². The third kappa shape index (κ3) is 3.62. The predicted octanol–water partition coefficient (Wildman–Crippen LogP) is -0.00590. The SMILES string of the molecule is NC(=S)c1cc([N+](=O)[O-])ccc1NCC(O)CO. The maximum absolute atomic E-state index is 10.6. The molecule has 0 radical (unpaired) electrons. The van der Waals surface area contributed by atoms with Crippen molar-refractivity contribution < 1.29 is 15.1 Å². The van der Waals surface area contributed by atoms with Gasteiger partial charge in [0.1, 0.15) is 4.99 Å². The molecule has 7 nitrogen and oxygen atoms in total. The van der Waals surface area contributed by atoms with Gasteiger partial charge in [-0.1, -0.05) is 12.2 Å². The summed E-state index contributed by atoms with van der Waals surface area (Å²) in [7, 11) is 0. The first-order chi connectivity index (χ1) is 8.45. The minimum atomic E-state index is -0.931. The molecule has 1 atom stereocenters. The number of nitro benzene ring substituents is 1. The number of nitro groups is 1. The summed E-state index contributed by atoms with van der Waals surface area (Å²) >= 11 is 4.81. The van der Waals surface area contributed by atoms with Crippen LogP contribution in [0.2, 0.25) is 0 Å². The van der Waals surface area contributed by atoms with Crippen LogP contribution in [-0.2, 0) is 0 Å². The molecule has 0 heterocycles. The zero-order valence-corrected chi connectivity index (χ0v) is 10.2. The van der Waals surface area contributed by atoms with Gasteiger partial charge in [-0.05, 0) is 6.07 Å². The lowest BCUT2D eigenvalue weighted by Crippen LogP contribution is -2.24. The van der Waals surface area contributed by atoms with E-state index in [1.54, 1.807) is 0 Å². The maximum Gasteiger partial charge on any atom is 0.270 e. The van der Waals surface area contributed by atoms with Gasteiger partial charge in [0.2, 0.25) is 0 Å². The van der Waals surface area contributed by atoms with E-state index in [-0.39, 0.29) is 23.8 Å². The Hall–Kier alpha value is -1.77. The number of thiocarbonyl (C=S) groups is 1. The van der Waals surface area contributed by atoms with Crippen molar-refractivity contribution in [3.63, 3.8) is 0 Å². The van der Waals surface area contributed by atoms with E-state index in [1.807, 2.05) is 0 Å². The summed E-state index contributed by atoms with van der Waals surface area (Å²) in [4.78, 5) is 10.1. The fraction of sp³-hybridized carbons (Fsp3) is 0.300. The molecule has 0 fully saturated rings. The van der Waals surface area contributed by atoms with Gasteiger partial charge in [0.05, 0.1) is 17.6 Å². The number of aliphatic hydroxyl groups excluding tert-OH is 2. The highest BCUT2D eigenvalue weighted by molar-refractivity contribution is 7.80. The van der Waals surface area contributed by atoms with Gasteiger partial charge < -0.3 is 21.3 Å². The van der Waals surface area contributed by atoms with E-state index in [0.717, 1.165) is 0 Å². The highest BCUT2D eigenvalue weighted by Gasteiger charge is 2.13. The fourth-order valence-corrected chi connectivity index (χ4v) is 1.47. The van der Waals surface area contributed by atoms with Crippen molar-refractivity contribution in [2.24, 2.45) is 5.73 Å². The number of benzene rings is 1. The molecular weight excluding hydrogens is 258 g/mol. The summed E-state index contributed by atoms with van der Waals surface area (Å²) < 4.78 is 0. The summed E-state index contributed by atoms with van der Waals surface area (Å²) in [6.45, 7) is -0.299. The molecule has 0 saturated heterocycles. The second-order valence-electron chi connectivity index (χ2n) is 3.57. The van der Waals surface area contributed by atoms with Crippen molar-refractivity contribution in [3.8, 4) is 0 Å². The molecule has 8 heteroatoms. The Morgan fingerprint density at radius 1 is 1.61 bits per heavy atom. The van der Waals surface area contributed by atoms with Crippen molar-refractivity contribution in [1.82, 2.24) is 0 Å². The third-order valence-corrected chi connectivity index (χ3v) is 2.44. The topological polar surface area (TPSA) is 122 Å². The quantitative estimate of drug-likeness (QED) is 0.326. The Kier molecular flexibility index (Phi) is 4.95. The minimum absolute atomic E-state index is 0.0136. The van der Waals surface area contributed by atoms with Crippen LogP contribution in [0.3, 0.4) is 0 Å². The van der Waals surface area contributed by atoms with E-state index in [9.17, 15) is 15.2 Å². The van der Waals surface area contributed by atoms with Crippen LogP contribution in [0.1, 0.15) is 5.56 Å². The Bertz CT molecular complexity index is 466. The molecular formula is C10H13N3O4S. The molecule has 1 aromatic carbocycles. The van der Waals surface area contributed by atoms with E-state index in [1.165, 1.54) is 18.2 Å². The van der Waals surface area contributed by atoms with Gasteiger partial charge in [-0.2, -0.15) is 0 Å². The number of hydrogen-bond acceptors (Lipinski definition) is 6. The molecule has 1 unspecified atom stereocenters. The highest BCUT2D eigenvalue weighted by Crippen LogP contribution is 2.22. The Morgan fingerprint density at radius 3 is 2.78 bits per heavy atom. The van der Waals surface area contributed by atoms with Crippen molar-refractivity contribution in [3.05, 3.63) is 33.9 Å². The lowest BCUT2D eigenvalue weighted by Gasteiger charge is -2.13. The summed E-state index contributed by atoms with van der Waals surface area (Å²) in [6.07, 6.45) is -0.931. The molecule has 0 saturated carbocycles. The van der Waals surface area contributed by atoms with Gasteiger partial charge in [0.15, 0.2) is 0 Å². The average molecular weight is 271 g/mol. The summed E-state index contributed by atoms with van der Waals surface area (Å²) in [5.74, 6) is 0. The van der Waals surface area contributed by atoms with Crippen molar-refractivity contribution in [2.75, 3.05) is 18.5 Å². The molecule has 0 aliphatic rings. The van der Waals surface area contributed by atoms with Gasteiger partial charge >= 0.3 is 0 Å². The fourth-order valence-electron chi connectivity index (χ4n) is 1.30. The largest absolute Gasteiger partial charge is 0.394 e. The monoisotopic (exact) mass is 271 g/mol. The van der Waals surface area contributed by atoms with Gasteiger partial charge in [0.25, 0.3) is 5.69 Å². The number of rotatable bonds is 6. The van der Waals surface area contributed by atoms with Crippen molar-refractivity contribution in [1.29, 1.82) is 0 Å². The van der Waals surface area contributed by atoms with Crippen LogP contribution in [0.15, 0.2) is 18.2 Å². The van der Waals surface area contributed by atoms with E-state index < -0.39 is 11.0 Å². The predicted molar refractivity (Wildman–Crippen MR) is 70.6 cm³/mol. The van der Waals surface area contributed by atoms with E-state index in [2.05, 4.69) is 5.32 Å². The van der Waals surface area contributed by atoms with Crippen LogP contribution in [0, 0.1) is 10.1 Å². The third-order valence-electron chi connectivity index (χ3n) is 2.22. The zero-order valence-electron chi connectivity index (χ0n) is 9.37. The lowest BCUT2D eigenvalue weighted by atomic mass is 10.1. The van der Waals surface area contributed by atoms with Gasteiger partial charge in [0, 0.05) is 29.9 Å². The van der Waals surface area contributed by atoms with Crippen LogP contribution < -0.4 is 11.1 Å². The standard InChI is InChI=1S/C10H13N3O4S/c11-10(18)8-3-6(13(16)17)1-2-9(8)12-4-7(15)5-14/h1-3,7,12,14-15H,4-5H2,(H2,11,18). The number of nitrogens with zero attached hydrogens (tertiary/aromatic N) is 1. The Labute approximate surface area is 108 Å². The number of aliphatic hydroxyl groups is 2. The molecule has 0 spiro atoms. The molecule has 0 aromatic heterocycles. The van der Waals surface area contributed by atoms with E-state index in [4.69, 9.17) is 23.1 Å². The molecule has 18 heavy (non-hydrogen) atoms. The molecule has 0 bridgehead atoms. The maximum atomic E-state index is 10.6. The minimum Gasteiger partial charge on any atom is -0.394 e. The number of non-ortho nitro benzene ring substituents is 1. The second kappa shape index (κ2) is 6.24. The summed E-state index contributed by atoms with van der Waals surface area (Å²) in [6, 6.07) is 4.02. The number of anilines is 1. The molecule has 5 N–H and O–H groups in total. The number of hydrogen-bond donors (Lipinski definition) is 4. The molecule has 1 aromatic rings. The highest BCUT2D eigenvalue weighted by atomic mass is 32.1. The average Bonchev–Trinajstić information content (AvgIpc) is 2.35. The molecule has 1 rings (SSSR count). The molecule has 98 valence electrons. The normalized spacial score (nSPS) is 11.9. The smallest absolute Gasteiger partial charge is 0.270 e. The number of nitrogens with one attached hydrogen (secondary N) is 1. The van der Waals surface area contributed by atoms with Crippen LogP contribution in [0.25, 0.3) is 0 Å². The lowest BCUT2D eigenvalue weighted by molar-refractivity contribution is -0.384. The van der Waals surface area contributed by atoms with Gasteiger partial charge in [-0.15, -0.1) is 0 Å². The first-order valence-corrected chi connectivity index (χ1v) is 5.47. The van der Waals surface area contributed by atoms with Crippen molar-refractivity contribution in [2.45, 2.75) is 6.10 Å². The first-order valence-electron chi connectivity index (χ1n) is 5.06. The Morgan fingerprint density at radius 2 is 2.28 bits per heavy atom. The first kappa shape index (κ1) is 14.3. The van der Waals surface area contributed by atoms with Crippen LogP contribution >= 0.6 is 12.2 Å². The Balaban J connectivity index is 2.97. The molecule has 0 aliphatic carbocycles. The van der Waals surface area contributed by atoms with Gasteiger partial charge in [-0.3, -0.25) is 10.1 Å². The molecule has 0 amide bonds. The summed E-state index contributed by atoms with van der Waals surface area (Å²) in [5, 5.41) is 31.3. The van der Waals surface area contributed by atoms with Crippen LogP contribution in [0.5, 0.6) is 0 Å². The zero-order chi connectivity index (χ0) is 13.7. The van der Waals surface area contributed by atoms with E-state index >= 15 is 0 Å². The van der Waals surface area contributed by atoms with Crippen LogP contribution in [-0.4, -0.2) is 39.4 Å². The van der Waals surface area contributed by atoms with Gasteiger partial charge in [-0.25, -0.2) is 0 Å². The van der Waals surface area contributed by atoms with Crippen molar-refractivity contribution >= 4 is 28.6 Å². The molecule has 0 aliphatic heterocycles. The summed E-state index contributed by atoms with van der Waals surface area (Å²) in [5.41, 5.74) is 6.16. The number of nitrogens with two attached hydrogens (primary N) is 1.